The number of hydrogen-bond acceptors (Lipinski definition) is 8. The topological polar surface area (TPSA) is 123 Å². The van der Waals surface area contributed by atoms with Gasteiger partial charge < -0.3 is 21.3 Å². The molecule has 0 bridgehead atoms. The van der Waals surface area contributed by atoms with E-state index in [1.54, 1.807) is 0 Å². The number of nitrogens with zero attached hydrogens (tertiary/aromatic N) is 4. The Bertz CT molecular complexity index is 1570. The molecule has 0 aliphatic carbocycles. The van der Waals surface area contributed by atoms with E-state index < -0.39 is 17.6 Å². The molecule has 2 heterocycles. The van der Waals surface area contributed by atoms with Gasteiger partial charge in [0.05, 0.1) is 16.1 Å². The SMILES string of the molecule is CC(C)Nc1ncnc(N)c1C(=N)C#Cc1cc(C(=O)Nc2ccc(CN3CCN(C)CC3)c(C(F)(F)F)c2)ccc1Cl. The van der Waals surface area contributed by atoms with Crippen LogP contribution >= 0.6 is 11.6 Å². The third-order valence-electron chi connectivity index (χ3n) is 6.77. The first-order valence-electron chi connectivity index (χ1n) is 13.5. The average molecular weight is 613 g/mol. The number of rotatable bonds is 7. The molecule has 4 rings (SSSR count). The normalized spacial score (nSPS) is 14.2. The van der Waals surface area contributed by atoms with Gasteiger partial charge in [0, 0.05) is 55.6 Å². The predicted molar refractivity (Wildman–Crippen MR) is 163 cm³/mol. The lowest BCUT2D eigenvalue weighted by molar-refractivity contribution is -0.138. The number of amides is 1. The number of carbonyl (C=O) groups is 1. The summed E-state index contributed by atoms with van der Waals surface area (Å²) in [4.78, 5) is 25.2. The molecular formula is C30H32ClF3N8O. The van der Waals surface area contributed by atoms with Crippen molar-refractivity contribution < 1.29 is 18.0 Å². The Balaban J connectivity index is 1.54. The van der Waals surface area contributed by atoms with E-state index in [0.717, 1.165) is 19.2 Å². The highest BCUT2D eigenvalue weighted by Crippen LogP contribution is 2.35. The molecule has 5 N–H and O–H groups in total. The smallest absolute Gasteiger partial charge is 0.383 e. The number of likely N-dealkylation sites (N-methyl/N-ethyl adjacent to an activating group) is 1. The molecule has 43 heavy (non-hydrogen) atoms. The van der Waals surface area contributed by atoms with Crippen LogP contribution in [-0.4, -0.2) is 70.7 Å². The molecule has 1 saturated heterocycles. The number of alkyl halides is 3. The number of nitrogen functional groups attached to an aromatic ring is 1. The number of nitrogens with one attached hydrogen (secondary N) is 3. The van der Waals surface area contributed by atoms with Crippen molar-refractivity contribution in [2.24, 2.45) is 0 Å². The van der Waals surface area contributed by atoms with Crippen molar-refractivity contribution in [3.63, 3.8) is 0 Å². The maximum atomic E-state index is 14.0. The number of anilines is 3. The van der Waals surface area contributed by atoms with Crippen molar-refractivity contribution in [1.29, 1.82) is 5.41 Å². The van der Waals surface area contributed by atoms with Gasteiger partial charge in [0.2, 0.25) is 0 Å². The molecule has 0 saturated carbocycles. The minimum Gasteiger partial charge on any atom is -0.383 e. The van der Waals surface area contributed by atoms with Crippen LogP contribution in [0.3, 0.4) is 0 Å². The monoisotopic (exact) mass is 612 g/mol. The lowest BCUT2D eigenvalue weighted by Gasteiger charge is -2.33. The zero-order valence-electron chi connectivity index (χ0n) is 23.9. The minimum atomic E-state index is -4.59. The molecule has 0 spiro atoms. The average Bonchev–Trinajstić information content (AvgIpc) is 2.93. The summed E-state index contributed by atoms with van der Waals surface area (Å²) in [5, 5.41) is 14.3. The summed E-state index contributed by atoms with van der Waals surface area (Å²) in [6.07, 6.45) is -3.31. The van der Waals surface area contributed by atoms with Gasteiger partial charge in [0.15, 0.2) is 0 Å². The van der Waals surface area contributed by atoms with Gasteiger partial charge in [0.1, 0.15) is 23.7 Å². The number of hydrogen-bond donors (Lipinski definition) is 4. The zero-order valence-corrected chi connectivity index (χ0v) is 24.7. The minimum absolute atomic E-state index is 0.00792. The van der Waals surface area contributed by atoms with Crippen molar-refractivity contribution in [3.8, 4) is 11.8 Å². The van der Waals surface area contributed by atoms with Crippen LogP contribution < -0.4 is 16.4 Å². The second kappa shape index (κ2) is 13.4. The summed E-state index contributed by atoms with van der Waals surface area (Å²) in [5.41, 5.74) is 5.78. The fourth-order valence-electron chi connectivity index (χ4n) is 4.49. The summed E-state index contributed by atoms with van der Waals surface area (Å²) < 4.78 is 41.9. The predicted octanol–water partition coefficient (Wildman–Crippen LogP) is 4.97. The van der Waals surface area contributed by atoms with Crippen LogP contribution in [0.5, 0.6) is 0 Å². The first-order valence-corrected chi connectivity index (χ1v) is 13.9. The molecule has 1 fully saturated rings. The molecule has 1 amide bonds. The third kappa shape index (κ3) is 8.22. The van der Waals surface area contributed by atoms with Gasteiger partial charge >= 0.3 is 6.18 Å². The lowest BCUT2D eigenvalue weighted by Crippen LogP contribution is -2.44. The molecule has 0 unspecified atom stereocenters. The van der Waals surface area contributed by atoms with Gasteiger partial charge in [-0.15, -0.1) is 0 Å². The molecule has 1 aliphatic heterocycles. The van der Waals surface area contributed by atoms with Crippen molar-refractivity contribution in [1.82, 2.24) is 19.8 Å². The van der Waals surface area contributed by atoms with E-state index in [0.29, 0.717) is 18.9 Å². The maximum absolute atomic E-state index is 14.0. The van der Waals surface area contributed by atoms with Gasteiger partial charge in [-0.2, -0.15) is 13.2 Å². The first kappa shape index (κ1) is 31.7. The Kier molecular flexibility index (Phi) is 9.91. The number of piperazine rings is 1. The Hall–Kier alpha value is -4.18. The number of benzene rings is 2. The molecule has 3 aromatic rings. The van der Waals surface area contributed by atoms with Crippen LogP contribution in [0, 0.1) is 17.3 Å². The summed E-state index contributed by atoms with van der Waals surface area (Å²) in [7, 11) is 1.98. The van der Waals surface area contributed by atoms with Crippen LogP contribution in [0.15, 0.2) is 42.7 Å². The molecule has 0 atom stereocenters. The van der Waals surface area contributed by atoms with E-state index >= 15 is 0 Å². The fraction of sp³-hybridized carbons (Fsp3) is 0.333. The molecular weight excluding hydrogens is 581 g/mol. The van der Waals surface area contributed by atoms with E-state index in [9.17, 15) is 18.0 Å². The molecule has 226 valence electrons. The van der Waals surface area contributed by atoms with Gasteiger partial charge in [-0.25, -0.2) is 9.97 Å². The van der Waals surface area contributed by atoms with Crippen LogP contribution in [-0.2, 0) is 12.7 Å². The zero-order chi connectivity index (χ0) is 31.3. The van der Waals surface area contributed by atoms with Crippen LogP contribution in [0.4, 0.5) is 30.5 Å². The summed E-state index contributed by atoms with van der Waals surface area (Å²) in [6.45, 7) is 6.90. The Morgan fingerprint density at radius 3 is 2.53 bits per heavy atom. The lowest BCUT2D eigenvalue weighted by atomic mass is 10.0. The Morgan fingerprint density at radius 2 is 1.86 bits per heavy atom. The number of aromatic nitrogens is 2. The van der Waals surface area contributed by atoms with Gasteiger partial charge in [-0.05, 0) is 62.7 Å². The van der Waals surface area contributed by atoms with Crippen molar-refractivity contribution in [3.05, 3.63) is 75.6 Å². The van der Waals surface area contributed by atoms with E-state index in [1.807, 2.05) is 25.8 Å². The fourth-order valence-corrected chi connectivity index (χ4v) is 4.65. The third-order valence-corrected chi connectivity index (χ3v) is 7.10. The molecule has 1 aliphatic rings. The van der Waals surface area contributed by atoms with Crippen LogP contribution in [0.1, 0.15) is 46.5 Å². The van der Waals surface area contributed by atoms with Crippen molar-refractivity contribution >= 4 is 40.5 Å². The largest absolute Gasteiger partial charge is 0.416 e. The second-order valence-electron chi connectivity index (χ2n) is 10.5. The van der Waals surface area contributed by atoms with E-state index in [1.165, 1.54) is 36.7 Å². The van der Waals surface area contributed by atoms with Crippen molar-refractivity contribution in [2.45, 2.75) is 32.6 Å². The quantitative estimate of drug-likeness (QED) is 0.219. The highest BCUT2D eigenvalue weighted by atomic mass is 35.5. The summed E-state index contributed by atoms with van der Waals surface area (Å²) in [5.74, 6) is 5.24. The van der Waals surface area contributed by atoms with Crippen molar-refractivity contribution in [2.75, 3.05) is 49.6 Å². The van der Waals surface area contributed by atoms with Gasteiger partial charge in [-0.1, -0.05) is 23.6 Å². The molecule has 0 radical (unpaired) electrons. The highest BCUT2D eigenvalue weighted by Gasteiger charge is 2.34. The Labute approximate surface area is 253 Å². The first-order chi connectivity index (χ1) is 20.3. The summed E-state index contributed by atoms with van der Waals surface area (Å²) in [6, 6.07) is 8.14. The standard InChI is InChI=1S/C30H32ClF3N8O/c1-18(2)39-28-26(27(36)37-17-38-28)25(35)9-6-19-14-20(5-8-24(19)31)29(43)40-22-7-4-21(23(15-22)30(32,33)34)16-42-12-10-41(3)11-13-42/h4-5,7-8,14-15,17-18,35H,10-13,16H2,1-3H3,(H,40,43)(H3,36,37,38,39). The molecule has 2 aromatic carbocycles. The van der Waals surface area contributed by atoms with Crippen LogP contribution in [0.2, 0.25) is 5.02 Å². The number of carbonyl (C=O) groups excluding carboxylic acids is 1. The van der Waals surface area contributed by atoms with E-state index in [4.69, 9.17) is 22.7 Å². The maximum Gasteiger partial charge on any atom is 0.416 e. The van der Waals surface area contributed by atoms with Gasteiger partial charge in [-0.3, -0.25) is 15.1 Å². The highest BCUT2D eigenvalue weighted by molar-refractivity contribution is 6.32. The van der Waals surface area contributed by atoms with E-state index in [2.05, 4.69) is 37.3 Å². The number of nitrogens with two attached hydrogens (primary N) is 1. The molecule has 1 aromatic heterocycles. The van der Waals surface area contributed by atoms with Crippen LogP contribution in [0.25, 0.3) is 0 Å². The second-order valence-corrected chi connectivity index (χ2v) is 10.9. The molecule has 9 nitrogen and oxygen atoms in total. The molecule has 13 heteroatoms. The number of halogens is 4. The Morgan fingerprint density at radius 1 is 1.14 bits per heavy atom. The van der Waals surface area contributed by atoms with Gasteiger partial charge in [0.25, 0.3) is 5.91 Å². The van der Waals surface area contributed by atoms with E-state index in [-0.39, 0.29) is 57.1 Å². The summed E-state index contributed by atoms with van der Waals surface area (Å²) >= 11 is 6.30.